The van der Waals surface area contributed by atoms with Gasteiger partial charge in [0.25, 0.3) is 0 Å². The summed E-state index contributed by atoms with van der Waals surface area (Å²) in [7, 11) is 6.52. The van der Waals surface area contributed by atoms with Crippen LogP contribution in [-0.2, 0) is 0 Å². The molecule has 0 radical (unpaired) electrons. The summed E-state index contributed by atoms with van der Waals surface area (Å²) in [5.41, 5.74) is 5.18. The Morgan fingerprint density at radius 2 is 1.27 bits per heavy atom. The van der Waals surface area contributed by atoms with Crippen LogP contribution in [0.2, 0.25) is 0 Å². The number of hydrogen-bond acceptors (Lipinski definition) is 5. The second-order valence-corrected chi connectivity index (χ2v) is 6.78. The Labute approximate surface area is 176 Å². The summed E-state index contributed by atoms with van der Waals surface area (Å²) in [6.07, 6.45) is 0. The highest BCUT2D eigenvalue weighted by atomic mass is 16.5. The average Bonchev–Trinajstić information content (AvgIpc) is 2.82. The molecule has 0 bridgehead atoms. The van der Waals surface area contributed by atoms with Crippen LogP contribution in [0.25, 0.3) is 11.1 Å². The zero-order chi connectivity index (χ0) is 21.1. The third kappa shape index (κ3) is 3.43. The van der Waals surface area contributed by atoms with Crippen molar-refractivity contribution in [3.8, 4) is 28.7 Å². The maximum absolute atomic E-state index is 6.14. The average molecular weight is 404 g/mol. The molecular weight excluding hydrogens is 380 g/mol. The molecule has 4 rings (SSSR count). The summed E-state index contributed by atoms with van der Waals surface area (Å²) in [5, 5.41) is 0. The minimum Gasteiger partial charge on any atom is -0.493 e. The van der Waals surface area contributed by atoms with E-state index in [2.05, 4.69) is 12.1 Å². The van der Waals surface area contributed by atoms with Gasteiger partial charge in [-0.1, -0.05) is 36.4 Å². The lowest BCUT2D eigenvalue weighted by atomic mass is 9.87. The van der Waals surface area contributed by atoms with E-state index in [9.17, 15) is 0 Å². The van der Waals surface area contributed by atoms with Crippen molar-refractivity contribution in [2.45, 2.75) is 0 Å². The number of benzene rings is 3. The molecule has 0 aliphatic carbocycles. The van der Waals surface area contributed by atoms with E-state index < -0.39 is 0 Å². The van der Waals surface area contributed by atoms with Gasteiger partial charge < -0.3 is 23.7 Å². The molecule has 5 heteroatoms. The van der Waals surface area contributed by atoms with E-state index in [0.717, 1.165) is 33.6 Å². The minimum absolute atomic E-state index is 0.441. The molecule has 0 unspecified atom stereocenters. The maximum atomic E-state index is 6.14. The zero-order valence-electron chi connectivity index (χ0n) is 17.5. The van der Waals surface area contributed by atoms with Crippen LogP contribution in [0.15, 0.2) is 60.7 Å². The van der Waals surface area contributed by atoms with Crippen LogP contribution in [-0.4, -0.2) is 35.0 Å². The van der Waals surface area contributed by atoms with Gasteiger partial charge >= 0.3 is 0 Å². The first-order chi connectivity index (χ1) is 14.7. The third-order valence-electron chi connectivity index (χ3n) is 5.22. The van der Waals surface area contributed by atoms with E-state index in [-0.39, 0.29) is 0 Å². The Morgan fingerprint density at radius 1 is 0.633 bits per heavy atom. The molecule has 1 heterocycles. The molecule has 3 aromatic rings. The first kappa shape index (κ1) is 19.7. The van der Waals surface area contributed by atoms with Crippen LogP contribution in [0, 0.1) is 0 Å². The zero-order valence-corrected chi connectivity index (χ0v) is 17.5. The number of rotatable bonds is 6. The highest BCUT2D eigenvalue weighted by Crippen LogP contribution is 2.46. The normalized spacial score (nSPS) is 12.7. The molecule has 1 aliphatic rings. The molecule has 30 heavy (non-hydrogen) atoms. The number of methoxy groups -OCH3 is 4. The Kier molecular flexibility index (Phi) is 5.53. The first-order valence-electron chi connectivity index (χ1n) is 9.60. The highest BCUT2D eigenvalue weighted by Gasteiger charge is 2.26. The molecular formula is C25H24O5. The summed E-state index contributed by atoms with van der Waals surface area (Å²) in [4.78, 5) is 0. The van der Waals surface area contributed by atoms with Gasteiger partial charge in [-0.25, -0.2) is 0 Å². The maximum Gasteiger partial charge on any atom is 0.164 e. The van der Waals surface area contributed by atoms with Gasteiger partial charge in [-0.3, -0.25) is 0 Å². The van der Waals surface area contributed by atoms with Crippen molar-refractivity contribution in [3.05, 3.63) is 77.4 Å². The van der Waals surface area contributed by atoms with Crippen LogP contribution in [0.1, 0.15) is 16.7 Å². The lowest BCUT2D eigenvalue weighted by molar-refractivity contribution is 0.339. The summed E-state index contributed by atoms with van der Waals surface area (Å²) in [5.74, 6) is 3.38. The van der Waals surface area contributed by atoms with Gasteiger partial charge in [0.2, 0.25) is 0 Å². The Balaban J connectivity index is 2.00. The van der Waals surface area contributed by atoms with E-state index in [4.69, 9.17) is 23.7 Å². The van der Waals surface area contributed by atoms with E-state index in [1.54, 1.807) is 28.4 Å². The molecule has 0 saturated heterocycles. The van der Waals surface area contributed by atoms with Crippen molar-refractivity contribution >= 4 is 11.1 Å². The summed E-state index contributed by atoms with van der Waals surface area (Å²) in [6, 6.07) is 20.0. The molecule has 154 valence electrons. The number of fused-ring (bicyclic) bond motifs is 1. The molecule has 0 N–H and O–H groups in total. The third-order valence-corrected chi connectivity index (χ3v) is 5.22. The lowest BCUT2D eigenvalue weighted by Crippen LogP contribution is -2.12. The van der Waals surface area contributed by atoms with E-state index in [1.165, 1.54) is 0 Å². The molecule has 0 aromatic heterocycles. The number of ether oxygens (including phenoxy) is 5. The largest absolute Gasteiger partial charge is 0.493 e. The van der Waals surface area contributed by atoms with Crippen LogP contribution in [0.5, 0.6) is 28.7 Å². The van der Waals surface area contributed by atoms with Crippen molar-refractivity contribution in [2.75, 3.05) is 35.0 Å². The van der Waals surface area contributed by atoms with Crippen LogP contribution < -0.4 is 23.7 Å². The van der Waals surface area contributed by atoms with Crippen molar-refractivity contribution in [2.24, 2.45) is 0 Å². The second-order valence-electron chi connectivity index (χ2n) is 6.78. The van der Waals surface area contributed by atoms with E-state index in [0.29, 0.717) is 29.6 Å². The molecule has 0 amide bonds. The Bertz CT molecular complexity index is 1090. The topological polar surface area (TPSA) is 46.2 Å². The van der Waals surface area contributed by atoms with Gasteiger partial charge in [-0.2, -0.15) is 0 Å². The molecule has 0 fully saturated rings. The first-order valence-corrected chi connectivity index (χ1v) is 9.60. The van der Waals surface area contributed by atoms with E-state index >= 15 is 0 Å². The minimum atomic E-state index is 0.441. The summed E-state index contributed by atoms with van der Waals surface area (Å²) < 4.78 is 28.1. The predicted octanol–water partition coefficient (Wildman–Crippen LogP) is 5.07. The molecule has 0 saturated carbocycles. The fourth-order valence-corrected chi connectivity index (χ4v) is 3.75. The summed E-state index contributed by atoms with van der Waals surface area (Å²) in [6.45, 7) is 0.441. The second kappa shape index (κ2) is 8.41. The molecule has 0 atom stereocenters. The predicted molar refractivity (Wildman–Crippen MR) is 117 cm³/mol. The Hall–Kier alpha value is -3.60. The summed E-state index contributed by atoms with van der Waals surface area (Å²) >= 11 is 0. The van der Waals surface area contributed by atoms with Crippen molar-refractivity contribution in [3.63, 3.8) is 0 Å². The van der Waals surface area contributed by atoms with Gasteiger partial charge in [0, 0.05) is 22.8 Å². The standard InChI is InChI=1S/C25H24O5/c1-26-20-11-10-17(12-22(20)27-2)25-18-13-23(28-3)24(29-4)14-21(18)30-15-19(25)16-8-6-5-7-9-16/h5-14H,15H2,1-4H3. The number of hydrogen-bond donors (Lipinski definition) is 0. The molecule has 5 nitrogen and oxygen atoms in total. The fourth-order valence-electron chi connectivity index (χ4n) is 3.75. The van der Waals surface area contributed by atoms with Crippen LogP contribution in [0.3, 0.4) is 0 Å². The van der Waals surface area contributed by atoms with Crippen LogP contribution in [0.4, 0.5) is 0 Å². The van der Waals surface area contributed by atoms with Gasteiger partial charge in [-0.05, 0) is 29.3 Å². The van der Waals surface area contributed by atoms with Crippen molar-refractivity contribution in [1.29, 1.82) is 0 Å². The molecule has 1 aliphatic heterocycles. The van der Waals surface area contributed by atoms with Crippen LogP contribution >= 0.6 is 0 Å². The molecule has 3 aromatic carbocycles. The van der Waals surface area contributed by atoms with E-state index in [1.807, 2.05) is 48.5 Å². The van der Waals surface area contributed by atoms with Gasteiger partial charge in [-0.15, -0.1) is 0 Å². The van der Waals surface area contributed by atoms with Gasteiger partial charge in [0.15, 0.2) is 23.0 Å². The van der Waals surface area contributed by atoms with Gasteiger partial charge in [0.1, 0.15) is 12.4 Å². The monoisotopic (exact) mass is 404 g/mol. The van der Waals surface area contributed by atoms with Crippen molar-refractivity contribution in [1.82, 2.24) is 0 Å². The smallest absolute Gasteiger partial charge is 0.164 e. The fraction of sp³-hybridized carbons (Fsp3) is 0.200. The molecule has 0 spiro atoms. The lowest BCUT2D eigenvalue weighted by Gasteiger charge is -2.26. The SMILES string of the molecule is COc1ccc(C2=C(c3ccccc3)COc3cc(OC)c(OC)cc32)cc1OC. The Morgan fingerprint density at radius 3 is 1.93 bits per heavy atom. The highest BCUT2D eigenvalue weighted by molar-refractivity contribution is 6.02. The van der Waals surface area contributed by atoms with Crippen molar-refractivity contribution < 1.29 is 23.7 Å². The quantitative estimate of drug-likeness (QED) is 0.574. The van der Waals surface area contributed by atoms with Gasteiger partial charge in [0.05, 0.1) is 28.4 Å².